The highest BCUT2D eigenvalue weighted by Crippen LogP contribution is 2.12. The molecule has 0 aliphatic heterocycles. The molecule has 70 valence electrons. The Kier molecular flexibility index (Phi) is 3.17. The molecule has 0 atom stereocenters. The lowest BCUT2D eigenvalue weighted by Crippen LogP contribution is -2.33. The van der Waals surface area contributed by atoms with Crippen LogP contribution < -0.4 is 5.73 Å². The molecule has 0 radical (unpaired) electrons. The molecule has 2 N–H and O–H groups in total. The van der Waals surface area contributed by atoms with Crippen molar-refractivity contribution in [2.45, 2.75) is 19.4 Å². The van der Waals surface area contributed by atoms with Crippen LogP contribution in [-0.2, 0) is 0 Å². The predicted octanol–water partition coefficient (Wildman–Crippen LogP) is 2.28. The Balaban J connectivity index is 2.75. The van der Waals surface area contributed by atoms with Crippen LogP contribution in [0.5, 0.6) is 0 Å². The summed E-state index contributed by atoms with van der Waals surface area (Å²) in [6.07, 6.45) is 3.39. The molecule has 0 aliphatic carbocycles. The van der Waals surface area contributed by atoms with Crippen molar-refractivity contribution in [2.24, 2.45) is 10.7 Å². The SMILES string of the molecule is CC(C)(N)C=Nc1ccc(Br)cn1. The van der Waals surface area contributed by atoms with Crippen molar-refractivity contribution in [3.05, 3.63) is 22.8 Å². The number of rotatable bonds is 2. The van der Waals surface area contributed by atoms with Gasteiger partial charge < -0.3 is 5.73 Å². The highest BCUT2D eigenvalue weighted by molar-refractivity contribution is 9.10. The van der Waals surface area contributed by atoms with Crippen LogP contribution in [-0.4, -0.2) is 16.7 Å². The molecule has 0 unspecified atom stereocenters. The first-order valence-electron chi connectivity index (χ1n) is 3.93. The Morgan fingerprint density at radius 3 is 2.69 bits per heavy atom. The number of hydrogen-bond donors (Lipinski definition) is 1. The van der Waals surface area contributed by atoms with Gasteiger partial charge in [0.05, 0.1) is 0 Å². The van der Waals surface area contributed by atoms with Crippen LogP contribution in [0.25, 0.3) is 0 Å². The minimum Gasteiger partial charge on any atom is -0.321 e. The molecule has 1 aromatic rings. The van der Waals surface area contributed by atoms with Gasteiger partial charge in [-0.15, -0.1) is 0 Å². The van der Waals surface area contributed by atoms with Gasteiger partial charge in [0.1, 0.15) is 0 Å². The highest BCUT2D eigenvalue weighted by Gasteiger charge is 2.05. The Labute approximate surface area is 86.2 Å². The molecule has 0 aliphatic rings. The van der Waals surface area contributed by atoms with Crippen LogP contribution in [0, 0.1) is 0 Å². The zero-order chi connectivity index (χ0) is 9.90. The first-order chi connectivity index (χ1) is 5.97. The van der Waals surface area contributed by atoms with Crippen molar-refractivity contribution in [1.29, 1.82) is 0 Å². The Hall–Kier alpha value is -0.740. The van der Waals surface area contributed by atoms with E-state index in [1.54, 1.807) is 12.4 Å². The van der Waals surface area contributed by atoms with Crippen LogP contribution in [0.1, 0.15) is 13.8 Å². The molecule has 0 spiro atoms. The van der Waals surface area contributed by atoms with E-state index in [-0.39, 0.29) is 0 Å². The fourth-order valence-corrected chi connectivity index (χ4v) is 0.911. The van der Waals surface area contributed by atoms with E-state index < -0.39 is 5.54 Å². The van der Waals surface area contributed by atoms with Crippen LogP contribution in [0.4, 0.5) is 5.82 Å². The van der Waals surface area contributed by atoms with Crippen LogP contribution >= 0.6 is 15.9 Å². The Bertz CT molecular complexity index is 298. The van der Waals surface area contributed by atoms with Gasteiger partial charge in [0.15, 0.2) is 5.82 Å². The first-order valence-corrected chi connectivity index (χ1v) is 4.72. The minimum atomic E-state index is -0.394. The summed E-state index contributed by atoms with van der Waals surface area (Å²) in [6, 6.07) is 3.72. The van der Waals surface area contributed by atoms with Crippen molar-refractivity contribution in [2.75, 3.05) is 0 Å². The molecule has 0 aromatic carbocycles. The molecule has 13 heavy (non-hydrogen) atoms. The first kappa shape index (κ1) is 10.3. The number of aromatic nitrogens is 1. The average molecular weight is 242 g/mol. The average Bonchev–Trinajstić information content (AvgIpc) is 2.02. The molecule has 0 amide bonds. The summed E-state index contributed by atoms with van der Waals surface area (Å²) in [6.45, 7) is 3.77. The molecule has 1 aromatic heterocycles. The molecule has 0 saturated carbocycles. The largest absolute Gasteiger partial charge is 0.321 e. The molecule has 0 fully saturated rings. The lowest BCUT2D eigenvalue weighted by Gasteiger charge is -2.09. The lowest BCUT2D eigenvalue weighted by molar-refractivity contribution is 0.714. The minimum absolute atomic E-state index is 0.394. The van der Waals surface area contributed by atoms with Crippen molar-refractivity contribution in [3.63, 3.8) is 0 Å². The smallest absolute Gasteiger partial charge is 0.151 e. The monoisotopic (exact) mass is 241 g/mol. The number of pyridine rings is 1. The summed E-state index contributed by atoms with van der Waals surface area (Å²) in [5.41, 5.74) is 5.33. The third kappa shape index (κ3) is 4.15. The van der Waals surface area contributed by atoms with E-state index in [9.17, 15) is 0 Å². The maximum Gasteiger partial charge on any atom is 0.151 e. The van der Waals surface area contributed by atoms with Crippen molar-refractivity contribution < 1.29 is 0 Å². The fraction of sp³-hybridized carbons (Fsp3) is 0.333. The van der Waals surface area contributed by atoms with Crippen LogP contribution in [0.3, 0.4) is 0 Å². The quantitative estimate of drug-likeness (QED) is 0.809. The Morgan fingerprint density at radius 1 is 1.54 bits per heavy atom. The highest BCUT2D eigenvalue weighted by atomic mass is 79.9. The van der Waals surface area contributed by atoms with Gasteiger partial charge in [-0.1, -0.05) is 0 Å². The van der Waals surface area contributed by atoms with Gasteiger partial charge in [-0.25, -0.2) is 9.98 Å². The van der Waals surface area contributed by atoms with Crippen molar-refractivity contribution in [1.82, 2.24) is 4.98 Å². The van der Waals surface area contributed by atoms with Gasteiger partial charge in [-0.05, 0) is 41.9 Å². The van der Waals surface area contributed by atoms with Gasteiger partial charge in [-0.3, -0.25) is 0 Å². The summed E-state index contributed by atoms with van der Waals surface area (Å²) < 4.78 is 0.943. The number of hydrogen-bond acceptors (Lipinski definition) is 3. The summed E-state index contributed by atoms with van der Waals surface area (Å²) >= 11 is 3.30. The molecule has 1 heterocycles. The topological polar surface area (TPSA) is 51.3 Å². The number of nitrogens with zero attached hydrogens (tertiary/aromatic N) is 2. The Morgan fingerprint density at radius 2 is 2.23 bits per heavy atom. The predicted molar refractivity (Wildman–Crippen MR) is 58.4 cm³/mol. The van der Waals surface area contributed by atoms with E-state index in [0.29, 0.717) is 5.82 Å². The van der Waals surface area contributed by atoms with Crippen molar-refractivity contribution >= 4 is 28.0 Å². The standard InChI is InChI=1S/C9H12BrN3/c1-9(2,11)6-13-8-4-3-7(10)5-12-8/h3-6H,11H2,1-2H3. The third-order valence-corrected chi connectivity index (χ3v) is 1.71. The van der Waals surface area contributed by atoms with E-state index >= 15 is 0 Å². The van der Waals surface area contributed by atoms with Crippen LogP contribution in [0.15, 0.2) is 27.8 Å². The summed E-state index contributed by atoms with van der Waals surface area (Å²) in [5, 5.41) is 0. The van der Waals surface area contributed by atoms with Gasteiger partial charge in [0.2, 0.25) is 0 Å². The third-order valence-electron chi connectivity index (χ3n) is 1.24. The van der Waals surface area contributed by atoms with E-state index in [2.05, 4.69) is 25.9 Å². The summed E-state index contributed by atoms with van der Waals surface area (Å²) in [5.74, 6) is 0.668. The molecule has 0 bridgehead atoms. The second-order valence-corrected chi connectivity index (χ2v) is 4.33. The van der Waals surface area contributed by atoms with Gasteiger partial charge in [0, 0.05) is 22.4 Å². The van der Waals surface area contributed by atoms with E-state index in [0.717, 1.165) is 4.47 Å². The maximum atomic E-state index is 5.73. The fourth-order valence-electron chi connectivity index (χ4n) is 0.677. The van der Waals surface area contributed by atoms with E-state index in [1.807, 2.05) is 26.0 Å². The number of aliphatic imine (C=N–C) groups is 1. The molecule has 4 heteroatoms. The summed E-state index contributed by atoms with van der Waals surface area (Å²) in [7, 11) is 0. The van der Waals surface area contributed by atoms with Gasteiger partial charge in [0.25, 0.3) is 0 Å². The van der Waals surface area contributed by atoms with E-state index in [4.69, 9.17) is 5.73 Å². The lowest BCUT2D eigenvalue weighted by atomic mass is 10.1. The zero-order valence-electron chi connectivity index (χ0n) is 7.66. The second kappa shape index (κ2) is 3.98. The normalized spacial score (nSPS) is 12.3. The van der Waals surface area contributed by atoms with Gasteiger partial charge in [-0.2, -0.15) is 0 Å². The molecule has 1 rings (SSSR count). The summed E-state index contributed by atoms with van der Waals surface area (Å²) in [4.78, 5) is 8.22. The number of nitrogens with two attached hydrogens (primary N) is 1. The number of halogens is 1. The second-order valence-electron chi connectivity index (χ2n) is 3.41. The maximum absolute atomic E-state index is 5.73. The van der Waals surface area contributed by atoms with E-state index in [1.165, 1.54) is 0 Å². The molecule has 0 saturated heterocycles. The van der Waals surface area contributed by atoms with Gasteiger partial charge >= 0.3 is 0 Å². The molecular formula is C9H12BrN3. The zero-order valence-corrected chi connectivity index (χ0v) is 9.25. The molecule has 3 nitrogen and oxygen atoms in total. The molecular weight excluding hydrogens is 230 g/mol. The van der Waals surface area contributed by atoms with Crippen LogP contribution in [0.2, 0.25) is 0 Å². The van der Waals surface area contributed by atoms with Crippen molar-refractivity contribution in [3.8, 4) is 0 Å².